The molecule has 0 aliphatic carbocycles. The van der Waals surface area contributed by atoms with Gasteiger partial charge in [0, 0.05) is 6.61 Å². The lowest BCUT2D eigenvalue weighted by Gasteiger charge is -1.98. The van der Waals surface area contributed by atoms with E-state index in [9.17, 15) is 5.11 Å². The lowest BCUT2D eigenvalue weighted by Crippen LogP contribution is -2.00. The molecule has 0 aliphatic rings. The van der Waals surface area contributed by atoms with Crippen molar-refractivity contribution in [2.75, 3.05) is 13.2 Å². The normalized spacial score (nSPS) is 13.1. The first kappa shape index (κ1) is 11.1. The fourth-order valence-electron chi connectivity index (χ4n) is 0.991. The quantitative estimate of drug-likeness (QED) is 0.696. The van der Waals surface area contributed by atoms with Crippen molar-refractivity contribution >= 4 is 0 Å². The van der Waals surface area contributed by atoms with Crippen LogP contribution in [-0.2, 0) is 11.2 Å². The molecule has 5 heteroatoms. The second kappa shape index (κ2) is 5.72. The van der Waals surface area contributed by atoms with Crippen molar-refractivity contribution in [2.24, 2.45) is 0 Å². The summed E-state index contributed by atoms with van der Waals surface area (Å²) in [6.45, 7) is 5.04. The Morgan fingerprint density at radius 1 is 1.50 bits per heavy atom. The van der Waals surface area contributed by atoms with Gasteiger partial charge in [0.25, 0.3) is 0 Å². The maximum absolute atomic E-state index is 9.40. The van der Waals surface area contributed by atoms with Gasteiger partial charge in [-0.2, -0.15) is 4.98 Å². The van der Waals surface area contributed by atoms with Gasteiger partial charge < -0.3 is 14.4 Å². The average Bonchev–Trinajstić information content (AvgIpc) is 2.66. The van der Waals surface area contributed by atoms with Crippen molar-refractivity contribution < 1.29 is 14.4 Å². The summed E-state index contributed by atoms with van der Waals surface area (Å²) in [5, 5.41) is 13.1. The van der Waals surface area contributed by atoms with Gasteiger partial charge in [-0.1, -0.05) is 12.1 Å². The second-order valence-electron chi connectivity index (χ2n) is 2.92. The van der Waals surface area contributed by atoms with E-state index < -0.39 is 6.10 Å². The zero-order valence-electron chi connectivity index (χ0n) is 8.56. The third-order valence-corrected chi connectivity index (χ3v) is 1.83. The Balaban J connectivity index is 2.42. The van der Waals surface area contributed by atoms with E-state index in [0.29, 0.717) is 37.8 Å². The number of ether oxygens (including phenoxy) is 1. The number of rotatable bonds is 6. The molecule has 0 amide bonds. The Bertz CT molecular complexity index is 262. The van der Waals surface area contributed by atoms with E-state index in [1.807, 2.05) is 13.8 Å². The van der Waals surface area contributed by atoms with Crippen LogP contribution in [0.2, 0.25) is 0 Å². The zero-order valence-corrected chi connectivity index (χ0v) is 8.56. The van der Waals surface area contributed by atoms with Crippen molar-refractivity contribution in [3.8, 4) is 0 Å². The number of aliphatic hydroxyl groups is 1. The highest BCUT2D eigenvalue weighted by molar-refractivity contribution is 4.90. The molecule has 0 bridgehead atoms. The molecule has 1 atom stereocenters. The first-order valence-corrected chi connectivity index (χ1v) is 4.86. The molecule has 1 aromatic heterocycles. The molecular formula is C9H16N2O3. The number of hydrogen-bond acceptors (Lipinski definition) is 5. The number of aromatic nitrogens is 2. The summed E-state index contributed by atoms with van der Waals surface area (Å²) < 4.78 is 10.1. The summed E-state index contributed by atoms with van der Waals surface area (Å²) in [6.07, 6.45) is 0.557. The highest BCUT2D eigenvalue weighted by atomic mass is 16.5. The van der Waals surface area contributed by atoms with Gasteiger partial charge in [0.1, 0.15) is 6.10 Å². The lowest BCUT2D eigenvalue weighted by atomic mass is 10.3. The van der Waals surface area contributed by atoms with Gasteiger partial charge in [-0.25, -0.2) is 0 Å². The molecule has 0 saturated heterocycles. The van der Waals surface area contributed by atoms with Crippen LogP contribution >= 0.6 is 0 Å². The largest absolute Gasteiger partial charge is 0.385 e. The minimum atomic E-state index is -0.625. The smallest absolute Gasteiger partial charge is 0.229 e. The average molecular weight is 200 g/mol. The molecule has 0 spiro atoms. The highest BCUT2D eigenvalue weighted by Crippen LogP contribution is 2.12. The van der Waals surface area contributed by atoms with Crippen LogP contribution in [0, 0.1) is 0 Å². The van der Waals surface area contributed by atoms with Crippen LogP contribution < -0.4 is 0 Å². The summed E-state index contributed by atoms with van der Waals surface area (Å²) >= 11 is 0. The third-order valence-electron chi connectivity index (χ3n) is 1.83. The highest BCUT2D eigenvalue weighted by Gasteiger charge is 2.12. The van der Waals surface area contributed by atoms with Crippen LogP contribution in [0.5, 0.6) is 0 Å². The lowest BCUT2D eigenvalue weighted by molar-refractivity contribution is 0.144. The summed E-state index contributed by atoms with van der Waals surface area (Å²) in [7, 11) is 0. The van der Waals surface area contributed by atoms with Crippen LogP contribution in [-0.4, -0.2) is 28.5 Å². The van der Waals surface area contributed by atoms with E-state index in [2.05, 4.69) is 10.1 Å². The fraction of sp³-hybridized carbons (Fsp3) is 0.778. The molecule has 0 fully saturated rings. The summed E-state index contributed by atoms with van der Waals surface area (Å²) in [5.74, 6) is 0.875. The number of nitrogens with zero attached hydrogens (tertiary/aromatic N) is 2. The van der Waals surface area contributed by atoms with Gasteiger partial charge in [-0.15, -0.1) is 0 Å². The van der Waals surface area contributed by atoms with Crippen LogP contribution in [0.25, 0.3) is 0 Å². The standard InChI is InChI=1S/C9H16N2O3/c1-3-7(12)9-10-8(14-11-9)5-6-13-4-2/h7,12H,3-6H2,1-2H3. The molecule has 1 aromatic rings. The number of aliphatic hydroxyl groups excluding tert-OH is 1. The SMILES string of the molecule is CCOCCc1nc(C(O)CC)no1. The monoisotopic (exact) mass is 200 g/mol. The minimum absolute atomic E-state index is 0.360. The van der Waals surface area contributed by atoms with Crippen molar-refractivity contribution in [3.63, 3.8) is 0 Å². The second-order valence-corrected chi connectivity index (χ2v) is 2.92. The van der Waals surface area contributed by atoms with Gasteiger partial charge in [-0.05, 0) is 13.3 Å². The van der Waals surface area contributed by atoms with Crippen molar-refractivity contribution in [3.05, 3.63) is 11.7 Å². The van der Waals surface area contributed by atoms with Crippen molar-refractivity contribution in [2.45, 2.75) is 32.8 Å². The van der Waals surface area contributed by atoms with Crippen LogP contribution in [0.4, 0.5) is 0 Å². The Hall–Kier alpha value is -0.940. The molecule has 0 aliphatic heterocycles. The van der Waals surface area contributed by atoms with Gasteiger partial charge in [0.2, 0.25) is 5.89 Å². The predicted molar refractivity (Wildman–Crippen MR) is 49.7 cm³/mol. The molecule has 1 N–H and O–H groups in total. The van der Waals surface area contributed by atoms with E-state index in [0.717, 1.165) is 0 Å². The molecule has 1 heterocycles. The van der Waals surface area contributed by atoms with E-state index in [-0.39, 0.29) is 0 Å². The molecule has 0 radical (unpaired) electrons. The zero-order chi connectivity index (χ0) is 10.4. The number of hydrogen-bond donors (Lipinski definition) is 1. The van der Waals surface area contributed by atoms with Crippen LogP contribution in [0.1, 0.15) is 38.1 Å². The predicted octanol–water partition coefficient (Wildman–Crippen LogP) is 1.09. The fourth-order valence-corrected chi connectivity index (χ4v) is 0.991. The van der Waals surface area contributed by atoms with E-state index in [1.54, 1.807) is 0 Å². The van der Waals surface area contributed by atoms with E-state index >= 15 is 0 Å². The molecule has 1 unspecified atom stereocenters. The Kier molecular flexibility index (Phi) is 4.55. The van der Waals surface area contributed by atoms with Crippen LogP contribution in [0.3, 0.4) is 0 Å². The van der Waals surface area contributed by atoms with Crippen molar-refractivity contribution in [1.29, 1.82) is 0 Å². The van der Waals surface area contributed by atoms with E-state index in [4.69, 9.17) is 9.26 Å². The maximum Gasteiger partial charge on any atom is 0.229 e. The first-order valence-electron chi connectivity index (χ1n) is 4.86. The molecule has 80 valence electrons. The topological polar surface area (TPSA) is 68.4 Å². The molecule has 0 saturated carbocycles. The van der Waals surface area contributed by atoms with Crippen molar-refractivity contribution in [1.82, 2.24) is 10.1 Å². The summed E-state index contributed by atoms with van der Waals surface area (Å²) in [5.41, 5.74) is 0. The third kappa shape index (κ3) is 3.08. The Morgan fingerprint density at radius 2 is 2.29 bits per heavy atom. The first-order chi connectivity index (χ1) is 6.77. The molecule has 0 aromatic carbocycles. The van der Waals surface area contributed by atoms with Gasteiger partial charge in [0.05, 0.1) is 13.0 Å². The molecular weight excluding hydrogens is 184 g/mol. The van der Waals surface area contributed by atoms with E-state index in [1.165, 1.54) is 0 Å². The van der Waals surface area contributed by atoms with Gasteiger partial charge >= 0.3 is 0 Å². The maximum atomic E-state index is 9.40. The Labute approximate surface area is 83.1 Å². The molecule has 1 rings (SSSR count). The van der Waals surface area contributed by atoms with Gasteiger partial charge in [0.15, 0.2) is 5.82 Å². The van der Waals surface area contributed by atoms with Gasteiger partial charge in [-0.3, -0.25) is 0 Å². The summed E-state index contributed by atoms with van der Waals surface area (Å²) in [4.78, 5) is 4.05. The minimum Gasteiger partial charge on any atom is -0.385 e. The summed E-state index contributed by atoms with van der Waals surface area (Å²) in [6, 6.07) is 0. The molecule has 5 nitrogen and oxygen atoms in total. The molecule has 14 heavy (non-hydrogen) atoms. The van der Waals surface area contributed by atoms with Crippen LogP contribution in [0.15, 0.2) is 4.52 Å². The Morgan fingerprint density at radius 3 is 2.93 bits per heavy atom.